The average molecular weight is 388 g/mol. The molecule has 0 saturated heterocycles. The monoisotopic (exact) mass is 388 g/mol. The second-order valence-corrected chi connectivity index (χ2v) is 6.66. The number of aryl methyl sites for hydroxylation is 1. The summed E-state index contributed by atoms with van der Waals surface area (Å²) in [7, 11) is 0. The molecule has 28 heavy (non-hydrogen) atoms. The molecule has 4 rings (SSSR count). The first-order valence-electron chi connectivity index (χ1n) is 8.53. The number of aromatic nitrogens is 1. The van der Waals surface area contributed by atoms with Gasteiger partial charge in [0.05, 0.1) is 24.6 Å². The lowest BCUT2D eigenvalue weighted by atomic mass is 9.96. The maximum atomic E-state index is 13.8. The highest BCUT2D eigenvalue weighted by molar-refractivity contribution is 5.95. The van der Waals surface area contributed by atoms with Gasteiger partial charge in [-0.15, -0.1) is 0 Å². The van der Waals surface area contributed by atoms with E-state index >= 15 is 0 Å². The molecule has 144 valence electrons. The highest BCUT2D eigenvalue weighted by Gasteiger charge is 2.27. The first-order valence-corrected chi connectivity index (χ1v) is 8.53. The van der Waals surface area contributed by atoms with Crippen LogP contribution in [0.25, 0.3) is 10.8 Å². The van der Waals surface area contributed by atoms with Crippen LogP contribution in [0, 0.1) is 24.4 Å². The third-order valence-corrected chi connectivity index (χ3v) is 4.80. The van der Waals surface area contributed by atoms with Crippen molar-refractivity contribution in [2.45, 2.75) is 19.6 Å². The van der Waals surface area contributed by atoms with Crippen LogP contribution in [-0.2, 0) is 11.3 Å². The summed E-state index contributed by atoms with van der Waals surface area (Å²) >= 11 is 0. The number of benzene rings is 2. The zero-order chi connectivity index (χ0) is 20.0. The normalized spacial score (nSPS) is 16.1. The molecule has 1 aliphatic rings. The van der Waals surface area contributed by atoms with E-state index in [1.165, 1.54) is 12.1 Å². The zero-order valence-corrected chi connectivity index (χ0v) is 14.7. The Bertz CT molecular complexity index is 1170. The van der Waals surface area contributed by atoms with Crippen molar-refractivity contribution in [3.05, 3.63) is 80.5 Å². The van der Waals surface area contributed by atoms with Crippen LogP contribution in [0.2, 0.25) is 0 Å². The number of rotatable bonds is 2. The van der Waals surface area contributed by atoms with E-state index in [0.29, 0.717) is 16.8 Å². The highest BCUT2D eigenvalue weighted by Crippen LogP contribution is 2.30. The van der Waals surface area contributed by atoms with E-state index in [1.54, 1.807) is 6.92 Å². The summed E-state index contributed by atoms with van der Waals surface area (Å²) in [6.45, 7) is 1.71. The Morgan fingerprint density at radius 1 is 1.11 bits per heavy atom. The molecule has 1 aromatic heterocycles. The number of pyridine rings is 1. The highest BCUT2D eigenvalue weighted by atomic mass is 19.2. The van der Waals surface area contributed by atoms with Gasteiger partial charge in [0.15, 0.2) is 11.6 Å². The Balaban J connectivity index is 1.78. The lowest BCUT2D eigenvalue weighted by molar-refractivity contribution is 0.0694. The van der Waals surface area contributed by atoms with Gasteiger partial charge in [0.1, 0.15) is 5.82 Å². The average Bonchev–Trinajstić information content (AvgIpc) is 2.65. The summed E-state index contributed by atoms with van der Waals surface area (Å²) in [5, 5.41) is 2.88. The molecule has 0 fully saturated rings. The number of ether oxygens (including phenoxy) is 1. The van der Waals surface area contributed by atoms with Crippen LogP contribution in [0.1, 0.15) is 33.2 Å². The second kappa shape index (κ2) is 6.79. The Morgan fingerprint density at radius 3 is 2.54 bits per heavy atom. The Labute approximate surface area is 157 Å². The number of carbonyl (C=O) groups excluding carboxylic acids is 1. The van der Waals surface area contributed by atoms with Gasteiger partial charge in [-0.1, -0.05) is 6.07 Å². The van der Waals surface area contributed by atoms with Gasteiger partial charge < -0.3 is 15.0 Å². The quantitative estimate of drug-likeness (QED) is 0.708. The van der Waals surface area contributed by atoms with E-state index in [4.69, 9.17) is 4.74 Å². The van der Waals surface area contributed by atoms with Crippen molar-refractivity contribution in [1.82, 2.24) is 10.3 Å². The van der Waals surface area contributed by atoms with Crippen LogP contribution in [0.5, 0.6) is 0 Å². The van der Waals surface area contributed by atoms with Crippen LogP contribution < -0.4 is 10.9 Å². The van der Waals surface area contributed by atoms with Gasteiger partial charge in [-0.3, -0.25) is 9.59 Å². The molecule has 1 atom stereocenters. The minimum atomic E-state index is -1.14. The van der Waals surface area contributed by atoms with E-state index in [-0.39, 0.29) is 29.5 Å². The summed E-state index contributed by atoms with van der Waals surface area (Å²) < 4.78 is 46.6. The first-order chi connectivity index (χ1) is 13.3. The molecule has 2 N–H and O–H groups in total. The zero-order valence-electron chi connectivity index (χ0n) is 14.7. The molecule has 8 heteroatoms. The van der Waals surface area contributed by atoms with Gasteiger partial charge in [-0.25, -0.2) is 13.2 Å². The molecule has 0 aliphatic carbocycles. The maximum Gasteiger partial charge on any atom is 0.256 e. The van der Waals surface area contributed by atoms with Crippen molar-refractivity contribution < 1.29 is 22.7 Å². The van der Waals surface area contributed by atoms with Crippen molar-refractivity contribution in [3.63, 3.8) is 0 Å². The molecule has 2 heterocycles. The molecular formula is C20H15F3N2O3. The molecule has 2 aromatic carbocycles. The molecule has 0 spiro atoms. The maximum absolute atomic E-state index is 13.8. The van der Waals surface area contributed by atoms with Crippen molar-refractivity contribution in [1.29, 1.82) is 0 Å². The van der Waals surface area contributed by atoms with Gasteiger partial charge in [-0.05, 0) is 42.1 Å². The first kappa shape index (κ1) is 18.2. The van der Waals surface area contributed by atoms with E-state index < -0.39 is 35.0 Å². The summed E-state index contributed by atoms with van der Waals surface area (Å²) in [5.41, 5.74) is 0.754. The van der Waals surface area contributed by atoms with Crippen molar-refractivity contribution >= 4 is 16.7 Å². The molecule has 0 unspecified atom stereocenters. The van der Waals surface area contributed by atoms with Crippen LogP contribution in [0.4, 0.5) is 13.2 Å². The number of hydrogen-bond acceptors (Lipinski definition) is 3. The lowest BCUT2D eigenvalue weighted by Crippen LogP contribution is -2.36. The van der Waals surface area contributed by atoms with Gasteiger partial charge in [0.2, 0.25) is 0 Å². The molecule has 0 radical (unpaired) electrons. The summed E-state index contributed by atoms with van der Waals surface area (Å²) in [5.74, 6) is -3.30. The largest absolute Gasteiger partial charge is 0.373 e. The van der Waals surface area contributed by atoms with Crippen molar-refractivity contribution in [2.24, 2.45) is 0 Å². The van der Waals surface area contributed by atoms with Crippen LogP contribution in [-0.4, -0.2) is 17.5 Å². The number of carbonyl (C=O) groups is 1. The standard InChI is InChI=1S/C20H15F3N2O3/c1-9-2-3-10(4-13(9)21)19(26)24-16-7-28-8-17-18(16)11-5-14(22)15(23)6-12(11)20(27)25-17/h2-6,16H,7-8H2,1H3,(H,24,26)(H,25,27)/t16-/m1/s1. The molecule has 1 amide bonds. The van der Waals surface area contributed by atoms with Gasteiger partial charge in [0.25, 0.3) is 11.5 Å². The fraction of sp³-hybridized carbons (Fsp3) is 0.200. The van der Waals surface area contributed by atoms with Crippen molar-refractivity contribution in [2.75, 3.05) is 6.61 Å². The number of hydrogen-bond donors (Lipinski definition) is 2. The number of halogens is 3. The third kappa shape index (κ3) is 3.05. The molecule has 0 saturated carbocycles. The molecular weight excluding hydrogens is 373 g/mol. The van der Waals surface area contributed by atoms with Gasteiger partial charge >= 0.3 is 0 Å². The number of aromatic amines is 1. The topological polar surface area (TPSA) is 71.2 Å². The minimum Gasteiger partial charge on any atom is -0.373 e. The number of H-pyrrole nitrogens is 1. The Kier molecular flexibility index (Phi) is 4.43. The van der Waals surface area contributed by atoms with E-state index in [2.05, 4.69) is 10.3 Å². The van der Waals surface area contributed by atoms with Crippen LogP contribution in [0.3, 0.4) is 0 Å². The fourth-order valence-corrected chi connectivity index (χ4v) is 3.36. The molecule has 0 bridgehead atoms. The van der Waals surface area contributed by atoms with E-state index in [9.17, 15) is 22.8 Å². The smallest absolute Gasteiger partial charge is 0.256 e. The SMILES string of the molecule is Cc1ccc(C(=O)N[C@@H]2COCc3[nH]c(=O)c4cc(F)c(F)cc4c32)cc1F. The predicted molar refractivity (Wildman–Crippen MR) is 95.5 cm³/mol. The van der Waals surface area contributed by atoms with E-state index in [1.807, 2.05) is 0 Å². The minimum absolute atomic E-state index is 0.0276. The molecule has 3 aromatic rings. The van der Waals surface area contributed by atoms with E-state index in [0.717, 1.165) is 18.2 Å². The second-order valence-electron chi connectivity index (χ2n) is 6.66. The van der Waals surface area contributed by atoms with Crippen LogP contribution in [0.15, 0.2) is 35.1 Å². The van der Waals surface area contributed by atoms with Gasteiger partial charge in [-0.2, -0.15) is 0 Å². The summed E-state index contributed by atoms with van der Waals surface area (Å²) in [6, 6.07) is 5.13. The number of nitrogens with one attached hydrogen (secondary N) is 2. The fourth-order valence-electron chi connectivity index (χ4n) is 3.36. The van der Waals surface area contributed by atoms with Crippen LogP contribution >= 0.6 is 0 Å². The summed E-state index contributed by atoms with van der Waals surface area (Å²) in [4.78, 5) is 27.4. The predicted octanol–water partition coefficient (Wildman–Crippen LogP) is 3.26. The third-order valence-electron chi connectivity index (χ3n) is 4.80. The Morgan fingerprint density at radius 2 is 1.82 bits per heavy atom. The molecule has 1 aliphatic heterocycles. The number of fused-ring (bicyclic) bond motifs is 3. The Hall–Kier alpha value is -3.13. The molecule has 5 nitrogen and oxygen atoms in total. The number of amides is 1. The summed E-state index contributed by atoms with van der Waals surface area (Å²) in [6.07, 6.45) is 0. The van der Waals surface area contributed by atoms with Gasteiger partial charge in [0, 0.05) is 16.8 Å². The van der Waals surface area contributed by atoms with Crippen molar-refractivity contribution in [3.8, 4) is 0 Å². The lowest BCUT2D eigenvalue weighted by Gasteiger charge is -2.27.